The number of benzene rings is 2. The molecule has 1 aromatic heterocycles. The van der Waals surface area contributed by atoms with Gasteiger partial charge < -0.3 is 9.32 Å². The Morgan fingerprint density at radius 3 is 2.41 bits per heavy atom. The summed E-state index contributed by atoms with van der Waals surface area (Å²) in [6, 6.07) is 20.2. The van der Waals surface area contributed by atoms with Gasteiger partial charge in [-0.15, -0.1) is 0 Å². The first-order valence-electron chi connectivity index (χ1n) is 9.58. The lowest BCUT2D eigenvalue weighted by atomic mass is 10.1. The molecule has 0 aliphatic rings. The van der Waals surface area contributed by atoms with Crippen molar-refractivity contribution in [3.63, 3.8) is 0 Å². The van der Waals surface area contributed by atoms with Crippen LogP contribution in [0.2, 0.25) is 0 Å². The molecule has 0 fully saturated rings. The van der Waals surface area contributed by atoms with Crippen molar-refractivity contribution in [1.82, 2.24) is 9.88 Å². The number of nitrogens with zero attached hydrogens (tertiary/aromatic N) is 2. The molecule has 0 bridgehead atoms. The summed E-state index contributed by atoms with van der Waals surface area (Å²) in [7, 11) is 0. The average molecular weight is 362 g/mol. The molecular formula is C23H26N2O2. The Kier molecular flexibility index (Phi) is 6.80. The van der Waals surface area contributed by atoms with Gasteiger partial charge in [0.15, 0.2) is 11.7 Å². The van der Waals surface area contributed by atoms with Crippen LogP contribution in [0.1, 0.15) is 31.2 Å². The Labute approximate surface area is 160 Å². The van der Waals surface area contributed by atoms with Crippen LogP contribution >= 0.6 is 0 Å². The number of hydrogen-bond donors (Lipinski definition) is 0. The molecule has 0 aliphatic heterocycles. The van der Waals surface area contributed by atoms with E-state index in [9.17, 15) is 4.79 Å². The molecule has 2 aromatic carbocycles. The Balaban J connectivity index is 1.45. The molecule has 3 rings (SSSR count). The maximum absolute atomic E-state index is 12.5. The summed E-state index contributed by atoms with van der Waals surface area (Å²) >= 11 is 0. The molecule has 0 radical (unpaired) electrons. The number of carbonyl (C=O) groups is 1. The lowest BCUT2D eigenvalue weighted by Crippen LogP contribution is -2.32. The van der Waals surface area contributed by atoms with Crippen molar-refractivity contribution in [1.29, 1.82) is 0 Å². The topological polar surface area (TPSA) is 46.3 Å². The van der Waals surface area contributed by atoms with Gasteiger partial charge in [0.1, 0.15) is 0 Å². The Bertz CT molecular complexity index is 828. The zero-order valence-corrected chi connectivity index (χ0v) is 15.8. The molecule has 0 atom stereocenters. The van der Waals surface area contributed by atoms with Crippen LogP contribution in [0.3, 0.4) is 0 Å². The first-order valence-corrected chi connectivity index (χ1v) is 9.58. The minimum atomic E-state index is 0.197. The fourth-order valence-electron chi connectivity index (χ4n) is 3.08. The lowest BCUT2D eigenvalue weighted by Gasteiger charge is -2.20. The summed E-state index contributed by atoms with van der Waals surface area (Å²) in [6.07, 6.45) is 4.58. The van der Waals surface area contributed by atoms with E-state index >= 15 is 0 Å². The number of likely N-dealkylation sites (N-methyl/N-ethyl adjacent to an activating group) is 1. The molecule has 1 amide bonds. The molecule has 0 aliphatic carbocycles. The molecule has 4 heteroatoms. The van der Waals surface area contributed by atoms with Gasteiger partial charge in [-0.1, -0.05) is 60.7 Å². The Morgan fingerprint density at radius 2 is 1.70 bits per heavy atom. The van der Waals surface area contributed by atoms with Crippen molar-refractivity contribution < 1.29 is 9.21 Å². The highest BCUT2D eigenvalue weighted by molar-refractivity contribution is 5.76. The quantitative estimate of drug-likeness (QED) is 0.551. The predicted octanol–water partition coefficient (Wildman–Crippen LogP) is 4.76. The summed E-state index contributed by atoms with van der Waals surface area (Å²) < 4.78 is 5.81. The summed E-state index contributed by atoms with van der Waals surface area (Å²) in [5.74, 6) is 1.66. The molecule has 0 unspecified atom stereocenters. The third-order valence-corrected chi connectivity index (χ3v) is 4.64. The monoisotopic (exact) mass is 362 g/mol. The second-order valence-electron chi connectivity index (χ2n) is 6.55. The largest absolute Gasteiger partial charge is 0.441 e. The number of hydrogen-bond acceptors (Lipinski definition) is 3. The zero-order chi connectivity index (χ0) is 18.9. The number of rotatable bonds is 9. The smallest absolute Gasteiger partial charge is 0.222 e. The van der Waals surface area contributed by atoms with Crippen LogP contribution in [0, 0.1) is 0 Å². The first-order chi connectivity index (χ1) is 13.3. The number of aromatic nitrogens is 1. The van der Waals surface area contributed by atoms with Gasteiger partial charge in [-0.05, 0) is 25.3 Å². The van der Waals surface area contributed by atoms with Gasteiger partial charge in [0.2, 0.25) is 5.91 Å². The highest BCUT2D eigenvalue weighted by Crippen LogP contribution is 2.20. The normalized spacial score (nSPS) is 10.7. The van der Waals surface area contributed by atoms with E-state index in [2.05, 4.69) is 17.1 Å². The minimum Gasteiger partial charge on any atom is -0.441 e. The molecule has 4 nitrogen and oxygen atoms in total. The first kappa shape index (κ1) is 18.9. The standard InChI is InChI=1S/C23H26N2O2/c1-2-25(17-16-19-10-5-3-6-11-19)23(26)15-9-14-22-24-18-21(27-22)20-12-7-4-8-13-20/h3-8,10-13,18H,2,9,14-17H2,1H3. The second kappa shape index (κ2) is 9.72. The van der Waals surface area contributed by atoms with Crippen LogP contribution in [-0.4, -0.2) is 28.9 Å². The van der Waals surface area contributed by atoms with Crippen molar-refractivity contribution >= 4 is 5.91 Å². The van der Waals surface area contributed by atoms with Crippen molar-refractivity contribution in [2.24, 2.45) is 0 Å². The van der Waals surface area contributed by atoms with Crippen LogP contribution in [0.4, 0.5) is 0 Å². The van der Waals surface area contributed by atoms with E-state index in [1.165, 1.54) is 5.56 Å². The number of carbonyl (C=O) groups excluding carboxylic acids is 1. The van der Waals surface area contributed by atoms with Crippen LogP contribution < -0.4 is 0 Å². The van der Waals surface area contributed by atoms with Crippen molar-refractivity contribution in [2.75, 3.05) is 13.1 Å². The molecule has 0 spiro atoms. The SMILES string of the molecule is CCN(CCc1ccccc1)C(=O)CCCc1ncc(-c2ccccc2)o1. The fourth-order valence-corrected chi connectivity index (χ4v) is 3.08. The number of oxazole rings is 1. The summed E-state index contributed by atoms with van der Waals surface area (Å²) in [5, 5.41) is 0. The van der Waals surface area contributed by atoms with E-state index < -0.39 is 0 Å². The van der Waals surface area contributed by atoms with Gasteiger partial charge >= 0.3 is 0 Å². The van der Waals surface area contributed by atoms with Gasteiger partial charge in [0.25, 0.3) is 0 Å². The molecule has 3 aromatic rings. The van der Waals surface area contributed by atoms with Gasteiger partial charge in [0, 0.05) is 31.5 Å². The van der Waals surface area contributed by atoms with Gasteiger partial charge in [0.05, 0.1) is 6.20 Å². The van der Waals surface area contributed by atoms with Crippen LogP contribution in [0.25, 0.3) is 11.3 Å². The predicted molar refractivity (Wildman–Crippen MR) is 107 cm³/mol. The van der Waals surface area contributed by atoms with Crippen molar-refractivity contribution in [3.8, 4) is 11.3 Å². The average Bonchev–Trinajstić information content (AvgIpc) is 3.19. The fraction of sp³-hybridized carbons (Fsp3) is 0.304. The molecule has 27 heavy (non-hydrogen) atoms. The lowest BCUT2D eigenvalue weighted by molar-refractivity contribution is -0.131. The molecule has 1 heterocycles. The second-order valence-corrected chi connectivity index (χ2v) is 6.55. The number of amides is 1. The van der Waals surface area contributed by atoms with E-state index in [1.807, 2.05) is 60.4 Å². The van der Waals surface area contributed by atoms with Crippen molar-refractivity contribution in [2.45, 2.75) is 32.6 Å². The third-order valence-electron chi connectivity index (χ3n) is 4.64. The van der Waals surface area contributed by atoms with E-state index in [0.29, 0.717) is 18.7 Å². The van der Waals surface area contributed by atoms with Gasteiger partial charge in [-0.2, -0.15) is 0 Å². The van der Waals surface area contributed by atoms with Crippen LogP contribution in [-0.2, 0) is 17.6 Å². The molecule has 0 saturated carbocycles. The number of aryl methyl sites for hydroxylation is 1. The van der Waals surface area contributed by atoms with Crippen LogP contribution in [0.15, 0.2) is 71.3 Å². The summed E-state index contributed by atoms with van der Waals surface area (Å²) in [6.45, 7) is 3.53. The molecule has 0 N–H and O–H groups in total. The maximum atomic E-state index is 12.5. The van der Waals surface area contributed by atoms with E-state index in [1.54, 1.807) is 6.20 Å². The maximum Gasteiger partial charge on any atom is 0.222 e. The van der Waals surface area contributed by atoms with Gasteiger partial charge in [-0.25, -0.2) is 4.98 Å². The highest BCUT2D eigenvalue weighted by atomic mass is 16.4. The molecule has 140 valence electrons. The van der Waals surface area contributed by atoms with E-state index in [-0.39, 0.29) is 5.91 Å². The van der Waals surface area contributed by atoms with E-state index in [4.69, 9.17) is 4.42 Å². The Morgan fingerprint density at radius 1 is 1.00 bits per heavy atom. The van der Waals surface area contributed by atoms with Gasteiger partial charge in [-0.3, -0.25) is 4.79 Å². The summed E-state index contributed by atoms with van der Waals surface area (Å²) in [5.41, 5.74) is 2.28. The molecule has 0 saturated heterocycles. The third kappa shape index (κ3) is 5.55. The van der Waals surface area contributed by atoms with Crippen LogP contribution in [0.5, 0.6) is 0 Å². The van der Waals surface area contributed by atoms with Crippen molar-refractivity contribution in [3.05, 3.63) is 78.3 Å². The summed E-state index contributed by atoms with van der Waals surface area (Å²) in [4.78, 5) is 18.8. The zero-order valence-electron chi connectivity index (χ0n) is 15.8. The molecular weight excluding hydrogens is 336 g/mol. The highest BCUT2D eigenvalue weighted by Gasteiger charge is 2.12. The Hall–Kier alpha value is -2.88. The minimum absolute atomic E-state index is 0.197. The van der Waals surface area contributed by atoms with E-state index in [0.717, 1.165) is 37.3 Å².